The Morgan fingerprint density at radius 3 is 2.62 bits per heavy atom. The summed E-state index contributed by atoms with van der Waals surface area (Å²) in [6.45, 7) is 8.90. The van der Waals surface area contributed by atoms with Gasteiger partial charge in [-0.05, 0) is 38.1 Å². The molecule has 3 nitrogen and oxygen atoms in total. The number of hydrogen-bond donors (Lipinski definition) is 1. The van der Waals surface area contributed by atoms with Crippen LogP contribution in [0.4, 0.5) is 0 Å². The van der Waals surface area contributed by atoms with Crippen LogP contribution in [0.3, 0.4) is 0 Å². The molecule has 0 aromatic heterocycles. The average molecular weight is 331 g/mol. The van der Waals surface area contributed by atoms with Crippen molar-refractivity contribution in [2.45, 2.75) is 39.3 Å². The molecule has 0 spiro atoms. The molecule has 0 aliphatic carbocycles. The Labute approximate surface area is 137 Å². The molecule has 1 fully saturated rings. The SMILES string of the molecule is CC(C)NCc1cc(Cl)cc(Cl)c1OCCN1CCCC1. The third-order valence-electron chi connectivity index (χ3n) is 3.64. The van der Waals surface area contributed by atoms with Crippen LogP contribution in [0.1, 0.15) is 32.3 Å². The standard InChI is InChI=1S/C16H24Cl2N2O/c1-12(2)19-11-13-9-14(17)10-15(18)16(13)21-8-7-20-5-3-4-6-20/h9-10,12,19H,3-8,11H2,1-2H3. The molecule has 1 N–H and O–H groups in total. The second kappa shape index (κ2) is 8.23. The van der Waals surface area contributed by atoms with Crippen molar-refractivity contribution in [3.8, 4) is 5.75 Å². The van der Waals surface area contributed by atoms with E-state index in [1.165, 1.54) is 25.9 Å². The summed E-state index contributed by atoms with van der Waals surface area (Å²) in [5.74, 6) is 0.758. The molecule has 1 aromatic carbocycles. The van der Waals surface area contributed by atoms with Gasteiger partial charge in [0.05, 0.1) is 5.02 Å². The molecule has 0 atom stereocenters. The molecule has 0 unspecified atom stereocenters. The Bertz CT molecular complexity index is 460. The molecule has 1 heterocycles. The fraction of sp³-hybridized carbons (Fsp3) is 0.625. The number of ether oxygens (including phenoxy) is 1. The molecule has 0 amide bonds. The minimum atomic E-state index is 0.403. The fourth-order valence-corrected chi connectivity index (χ4v) is 3.09. The van der Waals surface area contributed by atoms with E-state index in [1.54, 1.807) is 6.07 Å². The zero-order valence-corrected chi connectivity index (χ0v) is 14.3. The van der Waals surface area contributed by atoms with E-state index in [9.17, 15) is 0 Å². The van der Waals surface area contributed by atoms with E-state index >= 15 is 0 Å². The Hall–Kier alpha value is -0.480. The number of likely N-dealkylation sites (tertiary alicyclic amines) is 1. The molecule has 21 heavy (non-hydrogen) atoms. The Kier molecular flexibility index (Phi) is 6.62. The summed E-state index contributed by atoms with van der Waals surface area (Å²) < 4.78 is 5.94. The van der Waals surface area contributed by atoms with Crippen molar-refractivity contribution < 1.29 is 4.74 Å². The van der Waals surface area contributed by atoms with Gasteiger partial charge in [-0.15, -0.1) is 0 Å². The van der Waals surface area contributed by atoms with Crippen molar-refractivity contribution in [3.63, 3.8) is 0 Å². The molecule has 118 valence electrons. The van der Waals surface area contributed by atoms with Gasteiger partial charge in [-0.3, -0.25) is 4.90 Å². The highest BCUT2D eigenvalue weighted by Gasteiger charge is 2.14. The molecule has 0 saturated carbocycles. The number of nitrogens with zero attached hydrogens (tertiary/aromatic N) is 1. The summed E-state index contributed by atoms with van der Waals surface area (Å²) in [7, 11) is 0. The van der Waals surface area contributed by atoms with E-state index < -0.39 is 0 Å². The van der Waals surface area contributed by atoms with Gasteiger partial charge in [0.1, 0.15) is 12.4 Å². The number of benzene rings is 1. The van der Waals surface area contributed by atoms with Gasteiger partial charge in [0.15, 0.2) is 0 Å². The van der Waals surface area contributed by atoms with Crippen LogP contribution in [0.5, 0.6) is 5.75 Å². The summed E-state index contributed by atoms with van der Waals surface area (Å²) in [5, 5.41) is 4.61. The fourth-order valence-electron chi connectivity index (χ4n) is 2.50. The monoisotopic (exact) mass is 330 g/mol. The molecule has 1 aliphatic rings. The lowest BCUT2D eigenvalue weighted by atomic mass is 10.2. The normalized spacial score (nSPS) is 15.9. The summed E-state index contributed by atoms with van der Waals surface area (Å²) in [6.07, 6.45) is 2.59. The van der Waals surface area contributed by atoms with E-state index in [0.29, 0.717) is 29.2 Å². The third-order valence-corrected chi connectivity index (χ3v) is 4.14. The summed E-state index contributed by atoms with van der Waals surface area (Å²) in [6, 6.07) is 4.07. The molecule has 0 bridgehead atoms. The van der Waals surface area contributed by atoms with Crippen molar-refractivity contribution in [1.29, 1.82) is 0 Å². The van der Waals surface area contributed by atoms with Gasteiger partial charge in [0.25, 0.3) is 0 Å². The second-order valence-electron chi connectivity index (χ2n) is 5.81. The zero-order valence-electron chi connectivity index (χ0n) is 12.8. The van der Waals surface area contributed by atoms with E-state index in [2.05, 4.69) is 24.1 Å². The molecular formula is C16H24Cl2N2O. The second-order valence-corrected chi connectivity index (χ2v) is 6.65. The van der Waals surface area contributed by atoms with Crippen molar-refractivity contribution >= 4 is 23.2 Å². The first-order chi connectivity index (χ1) is 10.1. The Balaban J connectivity index is 1.98. The first-order valence-corrected chi connectivity index (χ1v) is 8.38. The maximum Gasteiger partial charge on any atom is 0.142 e. The third kappa shape index (κ3) is 5.33. The average Bonchev–Trinajstić information content (AvgIpc) is 2.92. The number of nitrogens with one attached hydrogen (secondary N) is 1. The lowest BCUT2D eigenvalue weighted by molar-refractivity contribution is 0.236. The van der Waals surface area contributed by atoms with Crippen LogP contribution in [0.2, 0.25) is 10.0 Å². The van der Waals surface area contributed by atoms with Crippen LogP contribution >= 0.6 is 23.2 Å². The highest BCUT2D eigenvalue weighted by atomic mass is 35.5. The van der Waals surface area contributed by atoms with E-state index in [4.69, 9.17) is 27.9 Å². The van der Waals surface area contributed by atoms with Crippen molar-refractivity contribution in [3.05, 3.63) is 27.7 Å². The Morgan fingerprint density at radius 1 is 1.24 bits per heavy atom. The number of hydrogen-bond acceptors (Lipinski definition) is 3. The summed E-state index contributed by atoms with van der Waals surface area (Å²) >= 11 is 12.4. The predicted octanol–water partition coefficient (Wildman–Crippen LogP) is 3.97. The summed E-state index contributed by atoms with van der Waals surface area (Å²) in [4.78, 5) is 2.43. The minimum absolute atomic E-state index is 0.403. The topological polar surface area (TPSA) is 24.5 Å². The van der Waals surface area contributed by atoms with Crippen LogP contribution in [-0.2, 0) is 6.54 Å². The number of rotatable bonds is 7. The van der Waals surface area contributed by atoms with Crippen LogP contribution in [0.15, 0.2) is 12.1 Å². The molecule has 0 radical (unpaired) electrons. The smallest absolute Gasteiger partial charge is 0.142 e. The molecular weight excluding hydrogens is 307 g/mol. The van der Waals surface area contributed by atoms with Gasteiger partial charge in [-0.25, -0.2) is 0 Å². The van der Waals surface area contributed by atoms with E-state index in [0.717, 1.165) is 17.9 Å². The van der Waals surface area contributed by atoms with Gasteiger partial charge >= 0.3 is 0 Å². The van der Waals surface area contributed by atoms with Crippen LogP contribution < -0.4 is 10.1 Å². The quantitative estimate of drug-likeness (QED) is 0.818. The van der Waals surface area contributed by atoms with Crippen molar-refractivity contribution in [2.75, 3.05) is 26.2 Å². The Morgan fingerprint density at radius 2 is 1.95 bits per heavy atom. The maximum atomic E-state index is 6.29. The van der Waals surface area contributed by atoms with Gasteiger partial charge in [-0.1, -0.05) is 37.0 Å². The van der Waals surface area contributed by atoms with Crippen LogP contribution in [0, 0.1) is 0 Å². The lowest BCUT2D eigenvalue weighted by Gasteiger charge is -2.18. The molecule has 2 rings (SSSR count). The van der Waals surface area contributed by atoms with Gasteiger partial charge in [0, 0.05) is 29.7 Å². The van der Waals surface area contributed by atoms with Crippen LogP contribution in [0.25, 0.3) is 0 Å². The van der Waals surface area contributed by atoms with Crippen molar-refractivity contribution in [1.82, 2.24) is 10.2 Å². The number of halogens is 2. The highest BCUT2D eigenvalue weighted by molar-refractivity contribution is 6.35. The minimum Gasteiger partial charge on any atom is -0.490 e. The van der Waals surface area contributed by atoms with Crippen LogP contribution in [-0.4, -0.2) is 37.2 Å². The highest BCUT2D eigenvalue weighted by Crippen LogP contribution is 2.32. The largest absolute Gasteiger partial charge is 0.490 e. The maximum absolute atomic E-state index is 6.29. The summed E-state index contributed by atoms with van der Waals surface area (Å²) in [5.41, 5.74) is 1.02. The van der Waals surface area contributed by atoms with Crippen molar-refractivity contribution in [2.24, 2.45) is 0 Å². The predicted molar refractivity (Wildman–Crippen MR) is 89.6 cm³/mol. The molecule has 1 aliphatic heterocycles. The first kappa shape index (κ1) is 16.9. The first-order valence-electron chi connectivity index (χ1n) is 7.62. The zero-order chi connectivity index (χ0) is 15.2. The van der Waals surface area contributed by atoms with Gasteiger partial charge in [0.2, 0.25) is 0 Å². The van der Waals surface area contributed by atoms with E-state index in [-0.39, 0.29) is 0 Å². The van der Waals surface area contributed by atoms with E-state index in [1.807, 2.05) is 6.07 Å². The van der Waals surface area contributed by atoms with Gasteiger partial charge < -0.3 is 10.1 Å². The molecule has 1 aromatic rings. The molecule has 1 saturated heterocycles. The molecule has 5 heteroatoms. The van der Waals surface area contributed by atoms with Gasteiger partial charge in [-0.2, -0.15) is 0 Å². The lowest BCUT2D eigenvalue weighted by Crippen LogP contribution is -2.26.